The van der Waals surface area contributed by atoms with Crippen LogP contribution >= 0.6 is 11.3 Å². The van der Waals surface area contributed by atoms with Crippen LogP contribution in [0.5, 0.6) is 0 Å². The molecule has 0 aliphatic carbocycles. The molecule has 8 nitrogen and oxygen atoms in total. The topological polar surface area (TPSA) is 108 Å². The number of aromatic nitrogens is 2. The van der Waals surface area contributed by atoms with Gasteiger partial charge in [-0.25, -0.2) is 4.98 Å². The molecule has 3 aromatic rings. The van der Waals surface area contributed by atoms with Gasteiger partial charge in [0.25, 0.3) is 11.5 Å². The lowest BCUT2D eigenvalue weighted by molar-refractivity contribution is -0.107. The van der Waals surface area contributed by atoms with Crippen LogP contribution in [-0.4, -0.2) is 41.4 Å². The van der Waals surface area contributed by atoms with Crippen molar-refractivity contribution >= 4 is 39.7 Å². The summed E-state index contributed by atoms with van der Waals surface area (Å²) in [5.41, 5.74) is 1.58. The lowest BCUT2D eigenvalue weighted by Crippen LogP contribution is -2.36. The molecule has 0 atom stereocenters. The van der Waals surface area contributed by atoms with Gasteiger partial charge in [-0.1, -0.05) is 18.2 Å². The van der Waals surface area contributed by atoms with E-state index in [9.17, 15) is 19.6 Å². The van der Waals surface area contributed by atoms with Crippen LogP contribution in [0.1, 0.15) is 52.9 Å². The number of amides is 1. The minimum Gasteiger partial charge on any atom is -0.351 e. The van der Waals surface area contributed by atoms with Gasteiger partial charge in [0.15, 0.2) is 0 Å². The molecule has 1 aliphatic rings. The van der Waals surface area contributed by atoms with E-state index < -0.39 is 0 Å². The first-order valence-corrected chi connectivity index (χ1v) is 11.9. The fourth-order valence-corrected chi connectivity index (χ4v) is 4.96. The smallest absolute Gasteiger partial charge is 0.273 e. The Morgan fingerprint density at radius 1 is 1.24 bits per heavy atom. The van der Waals surface area contributed by atoms with Crippen LogP contribution in [0.4, 0.5) is 5.95 Å². The maximum absolute atomic E-state index is 13.6. The summed E-state index contributed by atoms with van der Waals surface area (Å²) >= 11 is 1.12. The summed E-state index contributed by atoms with van der Waals surface area (Å²) in [6.45, 7) is 2.26. The Hall–Kier alpha value is -3.51. The Labute approximate surface area is 195 Å². The van der Waals surface area contributed by atoms with E-state index in [0.29, 0.717) is 46.0 Å². The molecule has 33 heavy (non-hydrogen) atoms. The summed E-state index contributed by atoms with van der Waals surface area (Å²) in [6, 6.07) is 11.1. The number of unbranched alkanes of at least 4 members (excludes halogenated alkanes) is 1. The van der Waals surface area contributed by atoms with Crippen molar-refractivity contribution in [3.8, 4) is 6.07 Å². The second kappa shape index (κ2) is 10.4. The van der Waals surface area contributed by atoms with E-state index in [1.165, 1.54) is 0 Å². The molecule has 1 fully saturated rings. The van der Waals surface area contributed by atoms with E-state index in [0.717, 1.165) is 55.5 Å². The third-order valence-corrected chi connectivity index (χ3v) is 6.84. The zero-order valence-electron chi connectivity index (χ0n) is 18.2. The predicted octanol–water partition coefficient (Wildman–Crippen LogP) is 3.08. The van der Waals surface area contributed by atoms with E-state index in [2.05, 4.69) is 16.3 Å². The third kappa shape index (κ3) is 4.96. The Morgan fingerprint density at radius 3 is 2.79 bits per heavy atom. The molecule has 0 saturated carbocycles. The van der Waals surface area contributed by atoms with Crippen molar-refractivity contribution in [2.75, 3.05) is 24.5 Å². The number of carbonyl (C=O) groups is 2. The zero-order valence-corrected chi connectivity index (χ0v) is 19.1. The van der Waals surface area contributed by atoms with Gasteiger partial charge in [0.05, 0.1) is 28.6 Å². The number of nitriles is 1. The second-order valence-electron chi connectivity index (χ2n) is 8.01. The first kappa shape index (κ1) is 22.7. The van der Waals surface area contributed by atoms with Gasteiger partial charge in [-0.3, -0.25) is 14.2 Å². The van der Waals surface area contributed by atoms with Crippen molar-refractivity contribution in [1.29, 1.82) is 5.26 Å². The van der Waals surface area contributed by atoms with Crippen LogP contribution in [-0.2, 0) is 11.3 Å². The van der Waals surface area contributed by atoms with Crippen molar-refractivity contribution in [2.24, 2.45) is 0 Å². The summed E-state index contributed by atoms with van der Waals surface area (Å²) in [5.74, 6) is 0.305. The maximum Gasteiger partial charge on any atom is 0.273 e. The largest absolute Gasteiger partial charge is 0.351 e. The first-order valence-electron chi connectivity index (χ1n) is 11.1. The lowest BCUT2D eigenvalue weighted by atomic mass is 10.1. The summed E-state index contributed by atoms with van der Waals surface area (Å²) in [5, 5.41) is 12.3. The molecule has 2 aromatic heterocycles. The Balaban J connectivity index is 1.75. The molecule has 1 saturated heterocycles. The molecule has 0 unspecified atom stereocenters. The molecular formula is C24H25N5O3S. The number of rotatable bonds is 8. The van der Waals surface area contributed by atoms with Crippen LogP contribution in [0.15, 0.2) is 35.1 Å². The minimum absolute atomic E-state index is 0.210. The normalized spacial score (nSPS) is 13.6. The van der Waals surface area contributed by atoms with Gasteiger partial charge < -0.3 is 15.0 Å². The van der Waals surface area contributed by atoms with Gasteiger partial charge in [-0.05, 0) is 43.4 Å². The SMILES string of the molecule is N#Cc1ccccc1Cn1c(N2CCCCC2)nc2cc(C(=O)NCCCC=O)sc2c1=O. The Bertz CT molecular complexity index is 1270. The van der Waals surface area contributed by atoms with Crippen molar-refractivity contribution in [3.05, 3.63) is 56.7 Å². The average molecular weight is 464 g/mol. The second-order valence-corrected chi connectivity index (χ2v) is 9.06. The summed E-state index contributed by atoms with van der Waals surface area (Å²) in [4.78, 5) is 44.0. The molecule has 1 amide bonds. The van der Waals surface area contributed by atoms with Gasteiger partial charge in [-0.2, -0.15) is 5.26 Å². The van der Waals surface area contributed by atoms with E-state index in [4.69, 9.17) is 4.98 Å². The van der Waals surface area contributed by atoms with E-state index in [1.54, 1.807) is 22.8 Å². The van der Waals surface area contributed by atoms with Gasteiger partial charge >= 0.3 is 0 Å². The quantitative estimate of drug-likeness (QED) is 0.406. The van der Waals surface area contributed by atoms with Crippen LogP contribution in [0, 0.1) is 11.3 Å². The Morgan fingerprint density at radius 2 is 2.03 bits per heavy atom. The van der Waals surface area contributed by atoms with E-state index in [-0.39, 0.29) is 18.0 Å². The number of benzene rings is 1. The lowest BCUT2D eigenvalue weighted by Gasteiger charge is -2.29. The van der Waals surface area contributed by atoms with Gasteiger partial charge in [0.1, 0.15) is 11.0 Å². The van der Waals surface area contributed by atoms with Crippen molar-refractivity contribution in [1.82, 2.24) is 14.9 Å². The number of thiophene rings is 1. The van der Waals surface area contributed by atoms with Gasteiger partial charge in [0, 0.05) is 26.1 Å². The highest BCUT2D eigenvalue weighted by Crippen LogP contribution is 2.26. The molecule has 1 aromatic carbocycles. The van der Waals surface area contributed by atoms with Crippen molar-refractivity contribution in [2.45, 2.75) is 38.6 Å². The maximum atomic E-state index is 13.6. The summed E-state index contributed by atoms with van der Waals surface area (Å²) < 4.78 is 2.05. The summed E-state index contributed by atoms with van der Waals surface area (Å²) in [7, 11) is 0. The van der Waals surface area contributed by atoms with Crippen molar-refractivity contribution < 1.29 is 9.59 Å². The monoisotopic (exact) mass is 463 g/mol. The van der Waals surface area contributed by atoms with Crippen molar-refractivity contribution in [3.63, 3.8) is 0 Å². The predicted molar refractivity (Wildman–Crippen MR) is 128 cm³/mol. The van der Waals surface area contributed by atoms with Gasteiger partial charge in [-0.15, -0.1) is 11.3 Å². The molecule has 0 spiro atoms. The molecule has 170 valence electrons. The molecule has 9 heteroatoms. The molecule has 4 rings (SSSR count). The van der Waals surface area contributed by atoms with Crippen LogP contribution in [0.25, 0.3) is 10.2 Å². The fourth-order valence-electron chi connectivity index (χ4n) is 4.00. The molecule has 3 heterocycles. The number of piperidine rings is 1. The van der Waals surface area contributed by atoms with Crippen LogP contribution in [0.2, 0.25) is 0 Å². The fraction of sp³-hybridized carbons (Fsp3) is 0.375. The first-order chi connectivity index (χ1) is 16.1. The number of hydrogen-bond acceptors (Lipinski definition) is 7. The highest BCUT2D eigenvalue weighted by atomic mass is 32.1. The summed E-state index contributed by atoms with van der Waals surface area (Å²) in [6.07, 6.45) is 4.99. The number of nitrogens with one attached hydrogen (secondary N) is 1. The highest BCUT2D eigenvalue weighted by Gasteiger charge is 2.22. The Kier molecular flexibility index (Phi) is 7.15. The molecule has 0 radical (unpaired) electrons. The number of carbonyl (C=O) groups excluding carboxylic acids is 2. The number of nitrogens with zero attached hydrogens (tertiary/aromatic N) is 4. The molecule has 1 aliphatic heterocycles. The molecular weight excluding hydrogens is 438 g/mol. The molecule has 1 N–H and O–H groups in total. The number of anilines is 1. The standard InChI is InChI=1S/C24H25N5O3S/c25-15-17-8-2-3-9-18(17)16-29-23(32)21-19(27-24(29)28-11-5-1-6-12-28)14-20(33-21)22(31)26-10-4-7-13-30/h2-3,8-9,13-14H,1,4-7,10-12,16H2,(H,26,31). The van der Waals surface area contributed by atoms with E-state index >= 15 is 0 Å². The highest BCUT2D eigenvalue weighted by molar-refractivity contribution is 7.20. The van der Waals surface area contributed by atoms with Crippen LogP contribution < -0.4 is 15.8 Å². The molecule has 0 bridgehead atoms. The van der Waals surface area contributed by atoms with E-state index in [1.807, 2.05) is 12.1 Å². The minimum atomic E-state index is -0.274. The van der Waals surface area contributed by atoms with Gasteiger partial charge in [0.2, 0.25) is 5.95 Å². The third-order valence-electron chi connectivity index (χ3n) is 5.73. The number of aldehydes is 1. The number of hydrogen-bond donors (Lipinski definition) is 1. The number of fused-ring (bicyclic) bond motifs is 1. The van der Waals surface area contributed by atoms with Crippen LogP contribution in [0.3, 0.4) is 0 Å². The average Bonchev–Trinajstić information content (AvgIpc) is 3.29. The zero-order chi connectivity index (χ0) is 23.2.